The zero-order chi connectivity index (χ0) is 21.3. The minimum Gasteiger partial charge on any atom is -0.461 e. The van der Waals surface area contributed by atoms with E-state index in [1.165, 1.54) is 12.1 Å². The lowest BCUT2D eigenvalue weighted by Gasteiger charge is -2.13. The maximum Gasteiger partial charge on any atom is 0.416 e. The standard InChI is InChI=1S/C22H19F3N2O3/c23-22(24,25)15-5-3-4-14(12-15)13-30-20(28)11-10-19-26-18-7-2-1-6-17(18)21(29)27(19)16-8-9-16/h1-7,12,16H,8-11,13H2. The van der Waals surface area contributed by atoms with Gasteiger partial charge in [-0.2, -0.15) is 13.2 Å². The lowest BCUT2D eigenvalue weighted by Crippen LogP contribution is -2.25. The van der Waals surface area contributed by atoms with Gasteiger partial charge in [0.1, 0.15) is 12.4 Å². The van der Waals surface area contributed by atoms with Gasteiger partial charge in [-0.3, -0.25) is 14.2 Å². The lowest BCUT2D eigenvalue weighted by atomic mass is 10.1. The van der Waals surface area contributed by atoms with Gasteiger partial charge in [-0.25, -0.2) is 4.98 Å². The van der Waals surface area contributed by atoms with Crippen molar-refractivity contribution in [1.29, 1.82) is 0 Å². The second-order valence-corrected chi connectivity index (χ2v) is 7.31. The number of hydrogen-bond acceptors (Lipinski definition) is 4. The quantitative estimate of drug-likeness (QED) is 0.558. The summed E-state index contributed by atoms with van der Waals surface area (Å²) in [6.07, 6.45) is -2.46. The minimum absolute atomic E-state index is 0.0174. The van der Waals surface area contributed by atoms with Crippen molar-refractivity contribution in [3.8, 4) is 0 Å². The number of para-hydroxylation sites is 1. The molecule has 0 N–H and O–H groups in total. The van der Waals surface area contributed by atoms with E-state index in [0.29, 0.717) is 16.7 Å². The Balaban J connectivity index is 1.44. The van der Waals surface area contributed by atoms with E-state index < -0.39 is 17.7 Å². The van der Waals surface area contributed by atoms with Gasteiger partial charge in [-0.1, -0.05) is 24.3 Å². The summed E-state index contributed by atoms with van der Waals surface area (Å²) in [6, 6.07) is 11.8. The molecular weight excluding hydrogens is 397 g/mol. The predicted octanol–water partition coefficient (Wildman–Crippen LogP) is 4.43. The third-order valence-electron chi connectivity index (χ3n) is 5.00. The molecule has 2 aromatic carbocycles. The average molecular weight is 416 g/mol. The van der Waals surface area contributed by atoms with Crippen molar-refractivity contribution in [2.75, 3.05) is 0 Å². The number of carbonyl (C=O) groups excluding carboxylic acids is 1. The van der Waals surface area contributed by atoms with Crippen LogP contribution in [0.25, 0.3) is 10.9 Å². The van der Waals surface area contributed by atoms with E-state index in [2.05, 4.69) is 4.98 Å². The van der Waals surface area contributed by atoms with Crippen molar-refractivity contribution in [2.45, 2.75) is 44.5 Å². The van der Waals surface area contributed by atoms with Crippen LogP contribution in [0.15, 0.2) is 53.3 Å². The van der Waals surface area contributed by atoms with E-state index in [0.717, 1.165) is 25.0 Å². The Hall–Kier alpha value is -3.16. The highest BCUT2D eigenvalue weighted by Gasteiger charge is 2.30. The number of ether oxygens (including phenoxy) is 1. The first-order chi connectivity index (χ1) is 14.3. The number of benzene rings is 2. The molecule has 3 aromatic rings. The summed E-state index contributed by atoms with van der Waals surface area (Å²) in [5, 5.41) is 0.542. The molecule has 0 spiro atoms. The van der Waals surface area contributed by atoms with Crippen molar-refractivity contribution in [1.82, 2.24) is 9.55 Å². The van der Waals surface area contributed by atoms with Gasteiger partial charge in [0.05, 0.1) is 22.9 Å². The van der Waals surface area contributed by atoms with Gasteiger partial charge in [0.2, 0.25) is 0 Å². The van der Waals surface area contributed by atoms with Crippen LogP contribution in [0.3, 0.4) is 0 Å². The maximum atomic E-state index is 12.8. The summed E-state index contributed by atoms with van der Waals surface area (Å²) in [4.78, 5) is 29.5. The van der Waals surface area contributed by atoms with E-state index in [1.807, 2.05) is 0 Å². The van der Waals surface area contributed by atoms with Crippen LogP contribution in [-0.4, -0.2) is 15.5 Å². The van der Waals surface area contributed by atoms with Crippen molar-refractivity contribution < 1.29 is 22.7 Å². The molecule has 156 valence electrons. The van der Waals surface area contributed by atoms with Crippen LogP contribution < -0.4 is 5.56 Å². The highest BCUT2D eigenvalue weighted by molar-refractivity contribution is 5.77. The molecule has 1 aliphatic carbocycles. The maximum absolute atomic E-state index is 12.8. The van der Waals surface area contributed by atoms with Crippen LogP contribution in [0.1, 0.15) is 42.3 Å². The number of hydrogen-bond donors (Lipinski definition) is 0. The number of carbonyl (C=O) groups is 1. The van der Waals surface area contributed by atoms with Gasteiger partial charge < -0.3 is 4.74 Å². The number of alkyl halides is 3. The van der Waals surface area contributed by atoms with Gasteiger partial charge in [0.15, 0.2) is 0 Å². The molecule has 1 aromatic heterocycles. The van der Waals surface area contributed by atoms with Gasteiger partial charge in [0, 0.05) is 12.5 Å². The SMILES string of the molecule is O=C(CCc1nc2ccccc2c(=O)n1C1CC1)OCc1cccc(C(F)(F)F)c1. The summed E-state index contributed by atoms with van der Waals surface area (Å²) in [6.45, 7) is -0.247. The van der Waals surface area contributed by atoms with Crippen LogP contribution in [0.5, 0.6) is 0 Å². The third kappa shape index (κ3) is 4.37. The average Bonchev–Trinajstić information content (AvgIpc) is 3.55. The molecule has 0 atom stereocenters. The van der Waals surface area contributed by atoms with Gasteiger partial charge >= 0.3 is 12.1 Å². The highest BCUT2D eigenvalue weighted by atomic mass is 19.4. The number of fused-ring (bicyclic) bond motifs is 1. The van der Waals surface area contributed by atoms with E-state index in [4.69, 9.17) is 4.74 Å². The van der Waals surface area contributed by atoms with Gasteiger partial charge in [-0.15, -0.1) is 0 Å². The Morgan fingerprint density at radius 1 is 1.13 bits per heavy atom. The van der Waals surface area contributed by atoms with Crippen LogP contribution in [-0.2, 0) is 28.7 Å². The van der Waals surface area contributed by atoms with Crippen molar-refractivity contribution in [3.63, 3.8) is 0 Å². The fraction of sp³-hybridized carbons (Fsp3) is 0.318. The first-order valence-electron chi connectivity index (χ1n) is 9.65. The second kappa shape index (κ2) is 7.93. The van der Waals surface area contributed by atoms with Crippen LogP contribution in [0.4, 0.5) is 13.2 Å². The molecular formula is C22H19F3N2O3. The van der Waals surface area contributed by atoms with Gasteiger partial charge in [0.25, 0.3) is 5.56 Å². The summed E-state index contributed by atoms with van der Waals surface area (Å²) >= 11 is 0. The number of aromatic nitrogens is 2. The first-order valence-corrected chi connectivity index (χ1v) is 9.65. The molecule has 0 radical (unpaired) electrons. The summed E-state index contributed by atoms with van der Waals surface area (Å²) in [7, 11) is 0. The number of esters is 1. The number of halogens is 3. The number of nitrogens with zero attached hydrogens (tertiary/aromatic N) is 2. The number of rotatable bonds is 6. The Morgan fingerprint density at radius 2 is 1.90 bits per heavy atom. The lowest BCUT2D eigenvalue weighted by molar-refractivity contribution is -0.144. The molecule has 8 heteroatoms. The predicted molar refractivity (Wildman–Crippen MR) is 104 cm³/mol. The molecule has 0 aliphatic heterocycles. The highest BCUT2D eigenvalue weighted by Crippen LogP contribution is 2.35. The van der Waals surface area contributed by atoms with E-state index in [-0.39, 0.29) is 36.6 Å². The van der Waals surface area contributed by atoms with Crippen LogP contribution >= 0.6 is 0 Å². The molecule has 1 heterocycles. The van der Waals surface area contributed by atoms with Crippen molar-refractivity contribution in [3.05, 3.63) is 75.8 Å². The molecule has 0 unspecified atom stereocenters. The second-order valence-electron chi connectivity index (χ2n) is 7.31. The van der Waals surface area contributed by atoms with E-state index in [9.17, 15) is 22.8 Å². The molecule has 1 fully saturated rings. The van der Waals surface area contributed by atoms with E-state index >= 15 is 0 Å². The monoisotopic (exact) mass is 416 g/mol. The molecule has 30 heavy (non-hydrogen) atoms. The van der Waals surface area contributed by atoms with Crippen molar-refractivity contribution >= 4 is 16.9 Å². The van der Waals surface area contributed by atoms with Crippen molar-refractivity contribution in [2.24, 2.45) is 0 Å². The number of aryl methyl sites for hydroxylation is 1. The zero-order valence-electron chi connectivity index (χ0n) is 16.0. The molecule has 0 bridgehead atoms. The fourth-order valence-electron chi connectivity index (χ4n) is 3.36. The third-order valence-corrected chi connectivity index (χ3v) is 5.00. The fourth-order valence-corrected chi connectivity index (χ4v) is 3.36. The normalized spacial score (nSPS) is 14.1. The van der Waals surface area contributed by atoms with Gasteiger partial charge in [-0.05, 0) is 42.7 Å². The zero-order valence-corrected chi connectivity index (χ0v) is 16.0. The van der Waals surface area contributed by atoms with Crippen LogP contribution in [0, 0.1) is 0 Å². The molecule has 0 saturated heterocycles. The van der Waals surface area contributed by atoms with Crippen LogP contribution in [0.2, 0.25) is 0 Å². The summed E-state index contributed by atoms with van der Waals surface area (Å²) in [5.41, 5.74) is -0.0658. The minimum atomic E-state index is -4.45. The Bertz CT molecular complexity index is 1150. The molecule has 1 saturated carbocycles. The Labute approximate surface area is 170 Å². The molecule has 1 aliphatic rings. The molecule has 5 nitrogen and oxygen atoms in total. The Morgan fingerprint density at radius 3 is 2.63 bits per heavy atom. The van der Waals surface area contributed by atoms with E-state index in [1.54, 1.807) is 28.8 Å². The topological polar surface area (TPSA) is 61.2 Å². The summed E-state index contributed by atoms with van der Waals surface area (Å²) in [5.74, 6) is -0.0330. The Kier molecular flexibility index (Phi) is 5.32. The smallest absolute Gasteiger partial charge is 0.416 e. The largest absolute Gasteiger partial charge is 0.461 e. The molecule has 0 amide bonds. The first kappa shape index (κ1) is 20.1. The summed E-state index contributed by atoms with van der Waals surface area (Å²) < 4.78 is 45.1. The molecule has 4 rings (SSSR count).